The molecule has 29 heavy (non-hydrogen) atoms. The van der Waals surface area contributed by atoms with E-state index in [-0.39, 0.29) is 17.7 Å². The largest absolute Gasteiger partial charge is 0.490 e. The Kier molecular flexibility index (Phi) is 7.44. The van der Waals surface area contributed by atoms with Gasteiger partial charge < -0.3 is 20.1 Å². The van der Waals surface area contributed by atoms with E-state index < -0.39 is 0 Å². The number of nitrogens with one attached hydrogen (secondary N) is 2. The highest BCUT2D eigenvalue weighted by molar-refractivity contribution is 5.81. The summed E-state index contributed by atoms with van der Waals surface area (Å²) in [7, 11) is 0. The number of benzene rings is 1. The number of para-hydroxylation sites is 2. The number of hydrogen-bond donors (Lipinski definition) is 2. The first-order valence-electron chi connectivity index (χ1n) is 10.0. The lowest BCUT2D eigenvalue weighted by Gasteiger charge is -2.11. The summed E-state index contributed by atoms with van der Waals surface area (Å²) in [5.41, 5.74) is 0.880. The third kappa shape index (κ3) is 6.78. The van der Waals surface area contributed by atoms with Crippen molar-refractivity contribution >= 4 is 11.8 Å². The molecule has 0 spiro atoms. The fraction of sp³-hybridized carbons (Fsp3) is 0.409. The van der Waals surface area contributed by atoms with Crippen LogP contribution < -0.4 is 20.1 Å². The highest BCUT2D eigenvalue weighted by Gasteiger charge is 2.28. The molecule has 1 fully saturated rings. The standard InChI is InChI=1S/C22H27N3O4/c1-2-28-18-6-3-4-7-19(18)29-21-12-9-16(15-25-21)14-24-20(26)8-5-13-23-22(27)17-10-11-17/h3-4,6-7,9,12,15,17H,2,5,8,10-11,13-14H2,1H3,(H,23,27)(H,24,26). The molecule has 0 atom stereocenters. The quantitative estimate of drug-likeness (QED) is 0.569. The number of ether oxygens (including phenoxy) is 2. The molecule has 7 heteroatoms. The van der Waals surface area contributed by atoms with Crippen LogP contribution in [0.25, 0.3) is 0 Å². The highest BCUT2D eigenvalue weighted by Crippen LogP contribution is 2.30. The van der Waals surface area contributed by atoms with E-state index in [1.54, 1.807) is 12.3 Å². The second-order valence-corrected chi connectivity index (χ2v) is 6.93. The van der Waals surface area contributed by atoms with Crippen LogP contribution in [-0.2, 0) is 16.1 Å². The minimum absolute atomic E-state index is 0.0448. The topological polar surface area (TPSA) is 89.5 Å². The molecule has 7 nitrogen and oxygen atoms in total. The molecule has 0 aliphatic heterocycles. The summed E-state index contributed by atoms with van der Waals surface area (Å²) in [6.45, 7) is 3.41. The molecule has 2 amide bonds. The smallest absolute Gasteiger partial charge is 0.223 e. The molecule has 1 heterocycles. The molecule has 2 N–H and O–H groups in total. The van der Waals surface area contributed by atoms with Crippen molar-refractivity contribution in [3.05, 3.63) is 48.2 Å². The molecule has 1 aliphatic carbocycles. The molecule has 0 saturated heterocycles. The van der Waals surface area contributed by atoms with Gasteiger partial charge in [0.15, 0.2) is 11.5 Å². The number of rotatable bonds is 11. The molecule has 1 aromatic heterocycles. The van der Waals surface area contributed by atoms with Crippen molar-refractivity contribution in [2.75, 3.05) is 13.2 Å². The number of hydrogen-bond acceptors (Lipinski definition) is 5. The predicted octanol–water partition coefficient (Wildman–Crippen LogP) is 3.20. The predicted molar refractivity (Wildman–Crippen MR) is 109 cm³/mol. The average molecular weight is 397 g/mol. The lowest BCUT2D eigenvalue weighted by atomic mass is 10.2. The second kappa shape index (κ2) is 10.5. The van der Waals surface area contributed by atoms with Gasteiger partial charge in [-0.1, -0.05) is 18.2 Å². The van der Waals surface area contributed by atoms with Gasteiger partial charge in [-0.2, -0.15) is 0 Å². The van der Waals surface area contributed by atoms with Gasteiger partial charge in [0.25, 0.3) is 0 Å². The van der Waals surface area contributed by atoms with Crippen molar-refractivity contribution < 1.29 is 19.1 Å². The maximum Gasteiger partial charge on any atom is 0.223 e. The van der Waals surface area contributed by atoms with Crippen molar-refractivity contribution in [1.29, 1.82) is 0 Å². The summed E-state index contributed by atoms with van der Waals surface area (Å²) in [4.78, 5) is 27.7. The Balaban J connectivity index is 1.38. The number of aromatic nitrogens is 1. The van der Waals surface area contributed by atoms with Crippen LogP contribution in [0.3, 0.4) is 0 Å². The van der Waals surface area contributed by atoms with Crippen molar-refractivity contribution in [2.24, 2.45) is 5.92 Å². The fourth-order valence-electron chi connectivity index (χ4n) is 2.74. The first-order chi connectivity index (χ1) is 14.2. The Hall–Kier alpha value is -3.09. The third-order valence-corrected chi connectivity index (χ3v) is 4.48. The van der Waals surface area contributed by atoms with Gasteiger partial charge in [-0.15, -0.1) is 0 Å². The van der Waals surface area contributed by atoms with E-state index in [1.165, 1.54) is 0 Å². The van der Waals surface area contributed by atoms with Gasteiger partial charge in [0.2, 0.25) is 17.7 Å². The normalized spacial score (nSPS) is 12.9. The van der Waals surface area contributed by atoms with Crippen LogP contribution in [0.2, 0.25) is 0 Å². The Morgan fingerprint density at radius 3 is 2.59 bits per heavy atom. The van der Waals surface area contributed by atoms with E-state index in [4.69, 9.17) is 9.47 Å². The zero-order valence-corrected chi connectivity index (χ0v) is 16.6. The SMILES string of the molecule is CCOc1ccccc1Oc1ccc(CNC(=O)CCCNC(=O)C2CC2)cn1. The number of pyridine rings is 1. The number of amides is 2. The summed E-state index contributed by atoms with van der Waals surface area (Å²) in [6, 6.07) is 11.1. The lowest BCUT2D eigenvalue weighted by Crippen LogP contribution is -2.28. The molecular formula is C22H27N3O4. The zero-order chi connectivity index (χ0) is 20.5. The van der Waals surface area contributed by atoms with E-state index in [1.807, 2.05) is 37.3 Å². The Morgan fingerprint density at radius 1 is 1.10 bits per heavy atom. The highest BCUT2D eigenvalue weighted by atomic mass is 16.5. The van der Waals surface area contributed by atoms with Crippen LogP contribution in [0.15, 0.2) is 42.6 Å². The molecule has 0 radical (unpaired) electrons. The lowest BCUT2D eigenvalue weighted by molar-refractivity contribution is -0.123. The molecule has 1 aromatic carbocycles. The monoisotopic (exact) mass is 397 g/mol. The first-order valence-corrected chi connectivity index (χ1v) is 10.0. The van der Waals surface area contributed by atoms with Crippen molar-refractivity contribution in [3.8, 4) is 17.4 Å². The third-order valence-electron chi connectivity index (χ3n) is 4.48. The molecule has 1 aliphatic rings. The number of nitrogens with zero attached hydrogens (tertiary/aromatic N) is 1. The molecule has 0 bridgehead atoms. The minimum Gasteiger partial charge on any atom is -0.490 e. The van der Waals surface area contributed by atoms with E-state index in [0.29, 0.717) is 49.9 Å². The summed E-state index contributed by atoms with van der Waals surface area (Å²) < 4.78 is 11.3. The summed E-state index contributed by atoms with van der Waals surface area (Å²) >= 11 is 0. The van der Waals surface area contributed by atoms with Crippen LogP contribution in [0.5, 0.6) is 17.4 Å². The Labute approximate surface area is 170 Å². The van der Waals surface area contributed by atoms with Crippen LogP contribution >= 0.6 is 0 Å². The fourth-order valence-corrected chi connectivity index (χ4v) is 2.74. The molecule has 2 aromatic rings. The number of carbonyl (C=O) groups excluding carboxylic acids is 2. The minimum atomic E-state index is -0.0448. The van der Waals surface area contributed by atoms with E-state index in [0.717, 1.165) is 18.4 Å². The molecule has 0 unspecified atom stereocenters. The Bertz CT molecular complexity index is 819. The molecule has 3 rings (SSSR count). The average Bonchev–Trinajstić information content (AvgIpc) is 3.58. The van der Waals surface area contributed by atoms with E-state index >= 15 is 0 Å². The maximum atomic E-state index is 11.9. The van der Waals surface area contributed by atoms with Gasteiger partial charge in [-0.3, -0.25) is 9.59 Å². The molecule has 1 saturated carbocycles. The van der Waals surface area contributed by atoms with Gasteiger partial charge in [0.1, 0.15) is 0 Å². The zero-order valence-electron chi connectivity index (χ0n) is 16.6. The maximum absolute atomic E-state index is 11.9. The summed E-state index contributed by atoms with van der Waals surface area (Å²) in [6.07, 6.45) is 4.67. The molecule has 154 valence electrons. The van der Waals surface area contributed by atoms with E-state index in [2.05, 4.69) is 15.6 Å². The van der Waals surface area contributed by atoms with Gasteiger partial charge in [-0.05, 0) is 43.9 Å². The van der Waals surface area contributed by atoms with Gasteiger partial charge in [0.05, 0.1) is 6.61 Å². The number of carbonyl (C=O) groups is 2. The summed E-state index contributed by atoms with van der Waals surface area (Å²) in [5.74, 6) is 2.01. The van der Waals surface area contributed by atoms with Crippen molar-refractivity contribution in [1.82, 2.24) is 15.6 Å². The van der Waals surface area contributed by atoms with Crippen LogP contribution in [0.1, 0.15) is 38.2 Å². The van der Waals surface area contributed by atoms with Crippen molar-refractivity contribution in [3.63, 3.8) is 0 Å². The van der Waals surface area contributed by atoms with Crippen LogP contribution in [0, 0.1) is 5.92 Å². The Morgan fingerprint density at radius 2 is 1.90 bits per heavy atom. The molecular weight excluding hydrogens is 370 g/mol. The first kappa shape index (κ1) is 20.6. The van der Waals surface area contributed by atoms with Gasteiger partial charge in [0, 0.05) is 37.7 Å². The van der Waals surface area contributed by atoms with Crippen molar-refractivity contribution in [2.45, 2.75) is 39.2 Å². The van der Waals surface area contributed by atoms with E-state index in [9.17, 15) is 9.59 Å². The van der Waals surface area contributed by atoms with Crippen LogP contribution in [-0.4, -0.2) is 29.9 Å². The van der Waals surface area contributed by atoms with Gasteiger partial charge >= 0.3 is 0 Å². The summed E-state index contributed by atoms with van der Waals surface area (Å²) in [5, 5.41) is 5.72. The second-order valence-electron chi connectivity index (χ2n) is 6.93. The van der Waals surface area contributed by atoms with Gasteiger partial charge in [-0.25, -0.2) is 4.98 Å². The van der Waals surface area contributed by atoms with Crippen LogP contribution in [0.4, 0.5) is 0 Å².